The summed E-state index contributed by atoms with van der Waals surface area (Å²) in [5.74, 6) is 1.33. The van der Waals surface area contributed by atoms with E-state index in [9.17, 15) is 4.79 Å². The van der Waals surface area contributed by atoms with Gasteiger partial charge in [0.25, 0.3) is 0 Å². The highest BCUT2D eigenvalue weighted by Gasteiger charge is 2.26. The first-order valence-electron chi connectivity index (χ1n) is 6.57. The normalized spacial score (nSPS) is 27.5. The molecule has 0 radical (unpaired) electrons. The van der Waals surface area contributed by atoms with E-state index in [1.54, 1.807) is 6.07 Å². The van der Waals surface area contributed by atoms with Crippen LogP contribution in [0.1, 0.15) is 43.5 Å². The summed E-state index contributed by atoms with van der Waals surface area (Å²) >= 11 is 13.0. The maximum atomic E-state index is 12.0. The van der Waals surface area contributed by atoms with Crippen LogP contribution in [0.2, 0.25) is 8.67 Å². The molecule has 0 saturated heterocycles. The number of hydrogen-bond acceptors (Lipinski definition) is 3. The SMILES string of the molecule is CC1CCC(OCC(=O)c2cc(Cl)sc2Cl)CC1C. The molecule has 1 heterocycles. The highest BCUT2D eigenvalue weighted by molar-refractivity contribution is 7.20. The van der Waals surface area contributed by atoms with Gasteiger partial charge in [-0.05, 0) is 37.2 Å². The topological polar surface area (TPSA) is 26.3 Å². The standard InChI is InChI=1S/C14H18Cl2O2S/c1-8-3-4-10(5-9(8)2)18-7-12(17)11-6-13(15)19-14(11)16/h6,8-10H,3-5,7H2,1-2H3. The molecule has 3 atom stereocenters. The Morgan fingerprint density at radius 2 is 2.11 bits per heavy atom. The maximum absolute atomic E-state index is 12.0. The molecule has 0 aromatic carbocycles. The smallest absolute Gasteiger partial charge is 0.190 e. The summed E-state index contributed by atoms with van der Waals surface area (Å²) in [4.78, 5) is 12.0. The van der Waals surface area contributed by atoms with Gasteiger partial charge in [-0.3, -0.25) is 4.79 Å². The monoisotopic (exact) mass is 320 g/mol. The summed E-state index contributed by atoms with van der Waals surface area (Å²) in [5, 5.41) is 0. The van der Waals surface area contributed by atoms with Crippen molar-refractivity contribution in [1.82, 2.24) is 0 Å². The average Bonchev–Trinajstić information content (AvgIpc) is 2.70. The number of Topliss-reactive ketones (excluding diaryl/α,β-unsaturated/α-hetero) is 1. The molecule has 0 aliphatic heterocycles. The van der Waals surface area contributed by atoms with Gasteiger partial charge in [0.2, 0.25) is 0 Å². The number of ketones is 1. The minimum absolute atomic E-state index is 0.0839. The molecule has 1 aliphatic rings. The van der Waals surface area contributed by atoms with Gasteiger partial charge >= 0.3 is 0 Å². The molecule has 1 aromatic rings. The molecule has 0 N–H and O–H groups in total. The molecule has 1 aliphatic carbocycles. The Morgan fingerprint density at radius 1 is 1.37 bits per heavy atom. The van der Waals surface area contributed by atoms with E-state index < -0.39 is 0 Å². The van der Waals surface area contributed by atoms with Crippen LogP contribution in [0.4, 0.5) is 0 Å². The van der Waals surface area contributed by atoms with Gasteiger partial charge in [-0.15, -0.1) is 11.3 Å². The van der Waals surface area contributed by atoms with E-state index in [1.165, 1.54) is 17.8 Å². The van der Waals surface area contributed by atoms with E-state index in [4.69, 9.17) is 27.9 Å². The minimum Gasteiger partial charge on any atom is -0.370 e. The lowest BCUT2D eigenvalue weighted by Crippen LogP contribution is -2.28. The molecule has 2 nitrogen and oxygen atoms in total. The first-order chi connectivity index (χ1) is 8.97. The average molecular weight is 321 g/mol. The molecule has 0 amide bonds. The quantitative estimate of drug-likeness (QED) is 0.723. The predicted molar refractivity (Wildman–Crippen MR) is 80.6 cm³/mol. The number of carbonyl (C=O) groups excluding carboxylic acids is 1. The van der Waals surface area contributed by atoms with Crippen molar-refractivity contribution in [2.24, 2.45) is 11.8 Å². The van der Waals surface area contributed by atoms with E-state index in [0.29, 0.717) is 20.2 Å². The Bertz CT molecular complexity index is 458. The van der Waals surface area contributed by atoms with Crippen molar-refractivity contribution in [2.45, 2.75) is 39.2 Å². The zero-order valence-electron chi connectivity index (χ0n) is 11.1. The number of halogens is 2. The third-order valence-corrected chi connectivity index (χ3v) is 5.44. The number of hydrogen-bond donors (Lipinski definition) is 0. The van der Waals surface area contributed by atoms with Crippen molar-refractivity contribution in [3.8, 4) is 0 Å². The van der Waals surface area contributed by atoms with Crippen LogP contribution in [0.5, 0.6) is 0 Å². The third kappa shape index (κ3) is 3.94. The van der Waals surface area contributed by atoms with Gasteiger partial charge < -0.3 is 4.74 Å². The van der Waals surface area contributed by atoms with Gasteiger partial charge in [-0.1, -0.05) is 37.0 Å². The van der Waals surface area contributed by atoms with Crippen molar-refractivity contribution >= 4 is 40.3 Å². The van der Waals surface area contributed by atoms with Crippen LogP contribution >= 0.6 is 34.5 Å². The van der Waals surface area contributed by atoms with E-state index in [1.807, 2.05) is 0 Å². The molecular weight excluding hydrogens is 303 g/mol. The second-order valence-electron chi connectivity index (χ2n) is 5.36. The summed E-state index contributed by atoms with van der Waals surface area (Å²) in [6.07, 6.45) is 3.44. The lowest BCUT2D eigenvalue weighted by Gasteiger charge is -2.31. The lowest BCUT2D eigenvalue weighted by molar-refractivity contribution is 0.00710. The van der Waals surface area contributed by atoms with Crippen molar-refractivity contribution in [1.29, 1.82) is 0 Å². The lowest BCUT2D eigenvalue weighted by atomic mass is 9.80. The van der Waals surface area contributed by atoms with E-state index in [0.717, 1.165) is 18.8 Å². The molecule has 1 fully saturated rings. The fourth-order valence-corrected chi connectivity index (χ4v) is 3.95. The Labute approximate surface area is 128 Å². The van der Waals surface area contributed by atoms with Gasteiger partial charge in [-0.2, -0.15) is 0 Å². The Hall–Kier alpha value is -0.0900. The maximum Gasteiger partial charge on any atom is 0.190 e. The Balaban J connectivity index is 1.86. The second kappa shape index (κ2) is 6.57. The van der Waals surface area contributed by atoms with Gasteiger partial charge in [0.05, 0.1) is 16.0 Å². The molecule has 2 rings (SSSR count). The van der Waals surface area contributed by atoms with Gasteiger partial charge in [0.15, 0.2) is 5.78 Å². The fraction of sp³-hybridized carbons (Fsp3) is 0.643. The number of rotatable bonds is 4. The molecule has 1 aromatic heterocycles. The Kier molecular flexibility index (Phi) is 5.29. The molecule has 106 valence electrons. The van der Waals surface area contributed by atoms with Crippen LogP contribution in [0.25, 0.3) is 0 Å². The number of thiophene rings is 1. The van der Waals surface area contributed by atoms with Crippen LogP contribution < -0.4 is 0 Å². The molecular formula is C14H18Cl2O2S. The highest BCUT2D eigenvalue weighted by atomic mass is 35.5. The summed E-state index contributed by atoms with van der Waals surface area (Å²) in [7, 11) is 0. The zero-order valence-corrected chi connectivity index (χ0v) is 13.4. The molecule has 0 spiro atoms. The molecule has 1 saturated carbocycles. The van der Waals surface area contributed by atoms with Crippen LogP contribution in [-0.4, -0.2) is 18.5 Å². The molecule has 3 unspecified atom stereocenters. The molecule has 0 bridgehead atoms. The molecule has 19 heavy (non-hydrogen) atoms. The second-order valence-corrected chi connectivity index (χ2v) is 7.65. The largest absolute Gasteiger partial charge is 0.370 e. The van der Waals surface area contributed by atoms with E-state index in [-0.39, 0.29) is 18.5 Å². The van der Waals surface area contributed by atoms with Crippen molar-refractivity contribution < 1.29 is 9.53 Å². The van der Waals surface area contributed by atoms with E-state index in [2.05, 4.69) is 13.8 Å². The summed E-state index contributed by atoms with van der Waals surface area (Å²) in [5.41, 5.74) is 0.480. The van der Waals surface area contributed by atoms with Crippen LogP contribution in [0, 0.1) is 11.8 Å². The Morgan fingerprint density at radius 3 is 2.68 bits per heavy atom. The predicted octanol–water partition coefficient (Wildman–Crippen LogP) is 5.08. The first-order valence-corrected chi connectivity index (χ1v) is 8.14. The van der Waals surface area contributed by atoms with Crippen LogP contribution in [-0.2, 0) is 4.74 Å². The molecule has 5 heteroatoms. The summed E-state index contributed by atoms with van der Waals surface area (Å²) in [6.45, 7) is 4.62. The van der Waals surface area contributed by atoms with Gasteiger partial charge in [0.1, 0.15) is 10.9 Å². The number of ether oxygens (including phenoxy) is 1. The zero-order chi connectivity index (χ0) is 14.0. The van der Waals surface area contributed by atoms with Crippen molar-refractivity contribution in [2.75, 3.05) is 6.61 Å². The van der Waals surface area contributed by atoms with Crippen LogP contribution in [0.15, 0.2) is 6.07 Å². The highest BCUT2D eigenvalue weighted by Crippen LogP contribution is 2.33. The van der Waals surface area contributed by atoms with Gasteiger partial charge in [-0.25, -0.2) is 0 Å². The van der Waals surface area contributed by atoms with Crippen molar-refractivity contribution in [3.05, 3.63) is 20.3 Å². The third-order valence-electron chi connectivity index (χ3n) is 3.96. The van der Waals surface area contributed by atoms with Crippen LogP contribution in [0.3, 0.4) is 0 Å². The number of carbonyl (C=O) groups is 1. The fourth-order valence-electron chi connectivity index (χ4n) is 2.45. The first kappa shape index (κ1) is 15.3. The van der Waals surface area contributed by atoms with Gasteiger partial charge in [0, 0.05) is 0 Å². The minimum atomic E-state index is -0.0839. The summed E-state index contributed by atoms with van der Waals surface area (Å²) in [6, 6.07) is 1.62. The van der Waals surface area contributed by atoms with Crippen molar-refractivity contribution in [3.63, 3.8) is 0 Å². The van der Waals surface area contributed by atoms with E-state index >= 15 is 0 Å². The summed E-state index contributed by atoms with van der Waals surface area (Å²) < 4.78 is 6.72.